The topological polar surface area (TPSA) is 81.5 Å². The molecule has 190 valence electrons. The Morgan fingerprint density at radius 3 is 2.21 bits per heavy atom. The second-order valence-electron chi connectivity index (χ2n) is 8.74. The highest BCUT2D eigenvalue weighted by molar-refractivity contribution is 6.21. The van der Waals surface area contributed by atoms with Crippen LogP contribution < -0.4 is 0 Å². The average molecular weight is 510 g/mol. The zero-order valence-corrected chi connectivity index (χ0v) is 20.4. The Balaban J connectivity index is 1.18. The largest absolute Gasteiger partial charge is 0.463 e. The third-order valence-corrected chi connectivity index (χ3v) is 6.18. The van der Waals surface area contributed by atoms with E-state index in [9.17, 15) is 18.8 Å². The molecule has 1 aliphatic heterocycles. The van der Waals surface area contributed by atoms with Gasteiger partial charge in [-0.2, -0.15) is 5.10 Å². The number of hydrogen-bond acceptors (Lipinski definition) is 5. The van der Waals surface area contributed by atoms with Gasteiger partial charge in [-0.1, -0.05) is 30.3 Å². The minimum absolute atomic E-state index is 0.153. The summed E-state index contributed by atoms with van der Waals surface area (Å²) in [6.07, 6.45) is 5.75. The number of fused-ring (bicyclic) bond motifs is 1. The highest BCUT2D eigenvalue weighted by atomic mass is 19.1. The summed E-state index contributed by atoms with van der Waals surface area (Å²) in [7, 11) is 0. The van der Waals surface area contributed by atoms with Crippen LogP contribution in [-0.4, -0.2) is 45.6 Å². The summed E-state index contributed by atoms with van der Waals surface area (Å²) in [5.41, 5.74) is 3.66. The summed E-state index contributed by atoms with van der Waals surface area (Å²) in [6.45, 7) is 0.417. The molecule has 4 aromatic rings. The van der Waals surface area contributed by atoms with E-state index in [2.05, 4.69) is 5.10 Å². The van der Waals surface area contributed by atoms with Crippen molar-refractivity contribution in [2.75, 3.05) is 13.2 Å². The van der Waals surface area contributed by atoms with Crippen molar-refractivity contribution in [1.82, 2.24) is 14.7 Å². The number of hydrogen-bond donors (Lipinski definition) is 0. The van der Waals surface area contributed by atoms with Gasteiger partial charge in [-0.25, -0.2) is 13.9 Å². The number of ether oxygens (including phenoxy) is 1. The molecule has 5 rings (SSSR count). The number of amides is 2. The zero-order chi connectivity index (χ0) is 26.5. The number of esters is 1. The van der Waals surface area contributed by atoms with Gasteiger partial charge in [0.25, 0.3) is 11.8 Å². The van der Waals surface area contributed by atoms with Crippen LogP contribution >= 0.6 is 0 Å². The number of imide groups is 1. The van der Waals surface area contributed by atoms with E-state index in [1.165, 1.54) is 23.1 Å². The summed E-state index contributed by atoms with van der Waals surface area (Å²) in [5, 5.41) is 4.64. The van der Waals surface area contributed by atoms with Crippen molar-refractivity contribution in [1.29, 1.82) is 0 Å². The van der Waals surface area contributed by atoms with E-state index in [1.807, 2.05) is 30.3 Å². The molecule has 1 aliphatic rings. The van der Waals surface area contributed by atoms with Gasteiger partial charge in [0.05, 0.1) is 29.1 Å². The maximum absolute atomic E-state index is 13.5. The van der Waals surface area contributed by atoms with Gasteiger partial charge in [-0.3, -0.25) is 14.5 Å². The molecule has 2 amide bonds. The standard InChI is InChI=1S/C30H24FN3O4/c31-23-15-12-21(13-16-23)28-22(20-34(32-28)24-8-2-1-3-9-24)14-17-27(35)38-19-7-6-18-33-29(36)25-10-4-5-11-26(25)30(33)37/h1-5,8-17,20H,6-7,18-19H2/b17-14+. The maximum atomic E-state index is 13.5. The van der Waals surface area contributed by atoms with Crippen LogP contribution in [0.25, 0.3) is 23.0 Å². The lowest BCUT2D eigenvalue weighted by atomic mass is 10.1. The SMILES string of the molecule is O=C(/C=C/c1cn(-c2ccccc2)nc1-c1ccc(F)cc1)OCCCCN1C(=O)c2ccccc2C1=O. The van der Waals surface area contributed by atoms with E-state index in [1.54, 1.807) is 53.4 Å². The summed E-state index contributed by atoms with van der Waals surface area (Å²) >= 11 is 0. The molecule has 0 saturated heterocycles. The van der Waals surface area contributed by atoms with Gasteiger partial charge < -0.3 is 4.74 Å². The number of halogens is 1. The third kappa shape index (κ3) is 5.29. The predicted molar refractivity (Wildman–Crippen MR) is 140 cm³/mol. The van der Waals surface area contributed by atoms with Gasteiger partial charge in [0.15, 0.2) is 0 Å². The summed E-state index contributed by atoms with van der Waals surface area (Å²) < 4.78 is 20.5. The van der Waals surface area contributed by atoms with Crippen LogP contribution in [0.2, 0.25) is 0 Å². The molecular weight excluding hydrogens is 485 g/mol. The molecule has 3 aromatic carbocycles. The molecule has 1 aromatic heterocycles. The average Bonchev–Trinajstić information content (AvgIpc) is 3.48. The lowest BCUT2D eigenvalue weighted by Gasteiger charge is -2.13. The molecule has 8 heteroatoms. The van der Waals surface area contributed by atoms with Crippen LogP contribution in [0.1, 0.15) is 39.1 Å². The molecule has 0 saturated carbocycles. The second-order valence-corrected chi connectivity index (χ2v) is 8.74. The molecule has 0 fully saturated rings. The minimum Gasteiger partial charge on any atom is -0.463 e. The molecule has 0 radical (unpaired) electrons. The predicted octanol–water partition coefficient (Wildman–Crippen LogP) is 5.31. The van der Waals surface area contributed by atoms with Crippen LogP contribution in [-0.2, 0) is 9.53 Å². The fraction of sp³-hybridized carbons (Fsp3) is 0.133. The maximum Gasteiger partial charge on any atom is 0.330 e. The highest BCUT2D eigenvalue weighted by Gasteiger charge is 2.34. The number of carbonyl (C=O) groups is 3. The Morgan fingerprint density at radius 1 is 0.868 bits per heavy atom. The van der Waals surface area contributed by atoms with Crippen LogP contribution in [0.5, 0.6) is 0 Å². The van der Waals surface area contributed by atoms with Gasteiger partial charge in [-0.15, -0.1) is 0 Å². The summed E-state index contributed by atoms with van der Waals surface area (Å²) in [5.74, 6) is -1.46. The third-order valence-electron chi connectivity index (χ3n) is 6.18. The first-order chi connectivity index (χ1) is 18.5. The molecule has 0 aliphatic carbocycles. The zero-order valence-electron chi connectivity index (χ0n) is 20.4. The molecule has 2 heterocycles. The molecular formula is C30H24FN3O4. The number of aromatic nitrogens is 2. The Hall–Kier alpha value is -4.85. The number of nitrogens with zero attached hydrogens (tertiary/aromatic N) is 3. The lowest BCUT2D eigenvalue weighted by Crippen LogP contribution is -2.30. The normalized spacial score (nSPS) is 12.8. The highest BCUT2D eigenvalue weighted by Crippen LogP contribution is 2.25. The fourth-order valence-corrected chi connectivity index (χ4v) is 4.25. The number of para-hydroxylation sites is 1. The number of benzene rings is 3. The van der Waals surface area contributed by atoms with Crippen LogP contribution in [0.15, 0.2) is 91.1 Å². The Bertz CT molecular complexity index is 1480. The van der Waals surface area contributed by atoms with Gasteiger partial charge in [0, 0.05) is 29.9 Å². The van der Waals surface area contributed by atoms with Crippen molar-refractivity contribution in [3.05, 3.63) is 114 Å². The van der Waals surface area contributed by atoms with Crippen LogP contribution in [0.3, 0.4) is 0 Å². The smallest absolute Gasteiger partial charge is 0.330 e. The lowest BCUT2D eigenvalue weighted by molar-refractivity contribution is -0.137. The van der Waals surface area contributed by atoms with E-state index in [0.717, 1.165) is 5.69 Å². The molecule has 0 unspecified atom stereocenters. The first-order valence-corrected chi connectivity index (χ1v) is 12.2. The van der Waals surface area contributed by atoms with Crippen molar-refractivity contribution < 1.29 is 23.5 Å². The fourth-order valence-electron chi connectivity index (χ4n) is 4.25. The van der Waals surface area contributed by atoms with E-state index in [0.29, 0.717) is 40.8 Å². The molecule has 0 bridgehead atoms. The van der Waals surface area contributed by atoms with E-state index >= 15 is 0 Å². The van der Waals surface area contributed by atoms with Crippen LogP contribution in [0.4, 0.5) is 4.39 Å². The van der Waals surface area contributed by atoms with Crippen molar-refractivity contribution in [3.8, 4) is 16.9 Å². The number of unbranched alkanes of at least 4 members (excludes halogenated alkanes) is 1. The van der Waals surface area contributed by atoms with Crippen LogP contribution in [0, 0.1) is 5.82 Å². The molecule has 0 atom stereocenters. The van der Waals surface area contributed by atoms with Crippen molar-refractivity contribution in [2.45, 2.75) is 12.8 Å². The van der Waals surface area contributed by atoms with Gasteiger partial charge in [0.1, 0.15) is 5.82 Å². The summed E-state index contributed by atoms with van der Waals surface area (Å²) in [4.78, 5) is 38.4. The van der Waals surface area contributed by atoms with Gasteiger partial charge in [0.2, 0.25) is 0 Å². The molecule has 0 N–H and O–H groups in total. The minimum atomic E-state index is -0.525. The molecule has 0 spiro atoms. The van der Waals surface area contributed by atoms with E-state index in [4.69, 9.17) is 4.74 Å². The Kier molecular flexibility index (Phi) is 7.21. The van der Waals surface area contributed by atoms with Gasteiger partial charge >= 0.3 is 5.97 Å². The Labute approximate surface area is 218 Å². The first kappa shape index (κ1) is 24.8. The van der Waals surface area contributed by atoms with Gasteiger partial charge in [-0.05, 0) is 67.4 Å². The Morgan fingerprint density at radius 2 is 1.53 bits per heavy atom. The van der Waals surface area contributed by atoms with Crippen molar-refractivity contribution in [3.63, 3.8) is 0 Å². The monoisotopic (exact) mass is 509 g/mol. The molecule has 38 heavy (non-hydrogen) atoms. The van der Waals surface area contributed by atoms with E-state index < -0.39 is 5.97 Å². The summed E-state index contributed by atoms with van der Waals surface area (Å²) in [6, 6.07) is 22.3. The molecule has 7 nitrogen and oxygen atoms in total. The quantitative estimate of drug-likeness (QED) is 0.132. The van der Waals surface area contributed by atoms with Crippen molar-refractivity contribution in [2.24, 2.45) is 0 Å². The van der Waals surface area contributed by atoms with Crippen molar-refractivity contribution >= 4 is 23.9 Å². The van der Waals surface area contributed by atoms with E-state index in [-0.39, 0.29) is 30.8 Å². The first-order valence-electron chi connectivity index (χ1n) is 12.2. The second kappa shape index (κ2) is 11.0. The number of carbonyl (C=O) groups excluding carboxylic acids is 3. The number of rotatable bonds is 9.